The van der Waals surface area contributed by atoms with E-state index in [2.05, 4.69) is 15.2 Å². The van der Waals surface area contributed by atoms with Gasteiger partial charge in [-0.25, -0.2) is 9.79 Å². The van der Waals surface area contributed by atoms with Crippen molar-refractivity contribution in [2.24, 2.45) is 4.99 Å². The van der Waals surface area contributed by atoms with Crippen molar-refractivity contribution in [3.63, 3.8) is 0 Å². The van der Waals surface area contributed by atoms with Gasteiger partial charge in [0.05, 0.1) is 31.9 Å². The van der Waals surface area contributed by atoms with Crippen molar-refractivity contribution < 1.29 is 14.3 Å². The van der Waals surface area contributed by atoms with E-state index in [0.717, 1.165) is 18.5 Å². The summed E-state index contributed by atoms with van der Waals surface area (Å²) in [6, 6.07) is 0.718. The zero-order chi connectivity index (χ0) is 14.8. The molecule has 3 aliphatic heterocycles. The van der Waals surface area contributed by atoms with Gasteiger partial charge in [-0.2, -0.15) is 0 Å². The lowest BCUT2D eigenvalue weighted by Gasteiger charge is -2.53. The molecule has 21 heavy (non-hydrogen) atoms. The van der Waals surface area contributed by atoms with Gasteiger partial charge >= 0.3 is 5.97 Å². The smallest absolute Gasteiger partial charge is 0.343 e. The number of carbonyl (C=O) groups is 1. The number of esters is 1. The first-order valence-electron chi connectivity index (χ1n) is 7.04. The minimum Gasteiger partial charge on any atom is -0.462 e. The molecule has 112 valence electrons. The molecule has 2 fully saturated rings. The number of aliphatic imine (C=N–C) groups is 1. The number of nitrogens with zero attached hydrogens (tertiary/aromatic N) is 2. The lowest BCUT2D eigenvalue weighted by atomic mass is 9.91. The Kier molecular flexibility index (Phi) is 3.74. The molecular weight excluding hydrogens is 272 g/mol. The monoisotopic (exact) mass is 290 g/mol. The summed E-state index contributed by atoms with van der Waals surface area (Å²) in [5, 5.41) is 10.3. The molecule has 0 spiro atoms. The third-order valence-corrected chi connectivity index (χ3v) is 3.79. The summed E-state index contributed by atoms with van der Waals surface area (Å²) in [5.41, 5.74) is 0.126. The van der Waals surface area contributed by atoms with E-state index < -0.39 is 5.97 Å². The molecule has 7 heteroatoms. The van der Waals surface area contributed by atoms with Gasteiger partial charge in [-0.3, -0.25) is 0 Å². The molecule has 2 N–H and O–H groups in total. The Morgan fingerprint density at radius 2 is 2.38 bits per heavy atom. The highest BCUT2D eigenvalue weighted by Crippen LogP contribution is 2.32. The highest BCUT2D eigenvalue weighted by atomic mass is 16.5. The Morgan fingerprint density at radius 1 is 1.62 bits per heavy atom. The quantitative estimate of drug-likeness (QED) is 0.446. The number of ether oxygens (including phenoxy) is 2. The number of nitrogens with one attached hydrogen (secondary N) is 2. The van der Waals surface area contributed by atoms with Gasteiger partial charge in [0.1, 0.15) is 17.2 Å². The van der Waals surface area contributed by atoms with Gasteiger partial charge in [0.2, 0.25) is 0 Å². The van der Waals surface area contributed by atoms with Crippen molar-refractivity contribution in [2.75, 3.05) is 19.8 Å². The normalized spacial score (nSPS) is 29.0. The van der Waals surface area contributed by atoms with E-state index in [9.17, 15) is 4.79 Å². The molecule has 0 amide bonds. The third kappa shape index (κ3) is 2.44. The van der Waals surface area contributed by atoms with Crippen molar-refractivity contribution >= 4 is 18.0 Å². The molecule has 0 radical (unpaired) electrons. The Bertz CT molecular complexity index is 538. The van der Waals surface area contributed by atoms with E-state index in [1.165, 1.54) is 0 Å². The molecule has 0 aliphatic carbocycles. The molecule has 2 bridgehead atoms. The fraction of sp³-hybridized carbons (Fsp3) is 0.500. The maximum absolute atomic E-state index is 11.8. The molecule has 0 aromatic heterocycles. The predicted octanol–water partition coefficient (Wildman–Crippen LogP) is 0.399. The number of hydrogen-bond donors (Lipinski definition) is 2. The molecule has 2 saturated heterocycles. The van der Waals surface area contributed by atoms with Crippen LogP contribution in [0.1, 0.15) is 13.3 Å². The van der Waals surface area contributed by atoms with Gasteiger partial charge in [-0.1, -0.05) is 0 Å². The van der Waals surface area contributed by atoms with Crippen LogP contribution in [0.4, 0.5) is 0 Å². The SMILES string of the molecule is CCOC(=O)/C(C=N)=C1\N=C(N2C3COCC2C3)C=CN1. The highest BCUT2D eigenvalue weighted by Gasteiger charge is 2.43. The van der Waals surface area contributed by atoms with Crippen LogP contribution in [0, 0.1) is 5.41 Å². The largest absolute Gasteiger partial charge is 0.462 e. The van der Waals surface area contributed by atoms with Crippen LogP contribution in [0.15, 0.2) is 28.7 Å². The first-order chi connectivity index (χ1) is 10.2. The fourth-order valence-electron chi connectivity index (χ4n) is 2.81. The van der Waals surface area contributed by atoms with Gasteiger partial charge in [0.15, 0.2) is 0 Å². The Labute approximate surface area is 122 Å². The van der Waals surface area contributed by atoms with Gasteiger partial charge in [-0.15, -0.1) is 0 Å². The zero-order valence-electron chi connectivity index (χ0n) is 11.8. The zero-order valence-corrected chi connectivity index (χ0v) is 11.8. The van der Waals surface area contributed by atoms with Crippen LogP contribution in [0.25, 0.3) is 0 Å². The van der Waals surface area contributed by atoms with Crippen LogP contribution in [-0.4, -0.2) is 54.8 Å². The molecule has 2 atom stereocenters. The van der Waals surface area contributed by atoms with E-state index in [4.69, 9.17) is 14.9 Å². The molecule has 3 rings (SSSR count). The average Bonchev–Trinajstić information content (AvgIpc) is 2.49. The molecule has 0 aromatic carbocycles. The minimum absolute atomic E-state index is 0.126. The van der Waals surface area contributed by atoms with Crippen LogP contribution >= 0.6 is 0 Å². The van der Waals surface area contributed by atoms with E-state index in [0.29, 0.717) is 31.1 Å². The summed E-state index contributed by atoms with van der Waals surface area (Å²) < 4.78 is 10.4. The van der Waals surface area contributed by atoms with Crippen molar-refractivity contribution in [3.8, 4) is 0 Å². The lowest BCUT2D eigenvalue weighted by Crippen LogP contribution is -2.65. The Balaban J connectivity index is 1.86. The van der Waals surface area contributed by atoms with Gasteiger partial charge in [0, 0.05) is 12.4 Å². The lowest BCUT2D eigenvalue weighted by molar-refractivity contribution is -0.137. The molecule has 0 saturated carbocycles. The first-order valence-corrected chi connectivity index (χ1v) is 7.04. The second kappa shape index (κ2) is 5.69. The van der Waals surface area contributed by atoms with Crippen molar-refractivity contribution in [2.45, 2.75) is 25.4 Å². The van der Waals surface area contributed by atoms with Crippen LogP contribution in [-0.2, 0) is 14.3 Å². The number of fused-ring (bicyclic) bond motifs is 2. The summed E-state index contributed by atoms with van der Waals surface area (Å²) in [4.78, 5) is 18.5. The Hall–Kier alpha value is -2.15. The van der Waals surface area contributed by atoms with Crippen LogP contribution < -0.4 is 5.32 Å². The average molecular weight is 290 g/mol. The van der Waals surface area contributed by atoms with E-state index >= 15 is 0 Å². The molecule has 3 heterocycles. The maximum Gasteiger partial charge on any atom is 0.343 e. The number of rotatable bonds is 3. The molecular formula is C14H18N4O3. The minimum atomic E-state index is -0.541. The van der Waals surface area contributed by atoms with E-state index in [1.54, 1.807) is 13.1 Å². The Morgan fingerprint density at radius 3 is 3.00 bits per heavy atom. The van der Waals surface area contributed by atoms with Crippen LogP contribution in [0.5, 0.6) is 0 Å². The summed E-state index contributed by atoms with van der Waals surface area (Å²) in [5.74, 6) is 0.615. The maximum atomic E-state index is 11.8. The summed E-state index contributed by atoms with van der Waals surface area (Å²) >= 11 is 0. The van der Waals surface area contributed by atoms with Crippen LogP contribution in [0.2, 0.25) is 0 Å². The third-order valence-electron chi connectivity index (χ3n) is 3.79. The molecule has 3 aliphatic rings. The highest BCUT2D eigenvalue weighted by molar-refractivity contribution is 6.10. The summed E-state index contributed by atoms with van der Waals surface area (Å²) in [6.07, 6.45) is 5.70. The second-order valence-electron chi connectivity index (χ2n) is 5.06. The predicted molar refractivity (Wildman–Crippen MR) is 77.0 cm³/mol. The van der Waals surface area contributed by atoms with E-state index in [-0.39, 0.29) is 12.2 Å². The number of amidine groups is 1. The molecule has 2 unspecified atom stereocenters. The van der Waals surface area contributed by atoms with Crippen molar-refractivity contribution in [3.05, 3.63) is 23.7 Å². The number of morpholine rings is 1. The summed E-state index contributed by atoms with van der Waals surface area (Å²) in [6.45, 7) is 3.42. The summed E-state index contributed by atoms with van der Waals surface area (Å²) in [7, 11) is 0. The second-order valence-corrected chi connectivity index (χ2v) is 5.06. The van der Waals surface area contributed by atoms with Gasteiger partial charge < -0.3 is 25.1 Å². The van der Waals surface area contributed by atoms with Gasteiger partial charge in [0.25, 0.3) is 0 Å². The van der Waals surface area contributed by atoms with E-state index in [1.807, 2.05) is 6.08 Å². The molecule has 7 nitrogen and oxygen atoms in total. The van der Waals surface area contributed by atoms with Crippen LogP contribution in [0.3, 0.4) is 0 Å². The van der Waals surface area contributed by atoms with Gasteiger partial charge in [-0.05, 0) is 19.4 Å². The topological polar surface area (TPSA) is 87.0 Å². The number of carbonyl (C=O) groups excluding carboxylic acids is 1. The molecule has 0 aromatic rings. The standard InChI is InChI=1S/C14H18N4O3/c1-2-21-14(19)11(6-15)13-16-4-3-12(17-13)18-9-5-10(18)8-20-7-9/h3-4,6,9-10,15-16H,2,5,7-8H2,1H3/b13-11-,15-6?. The van der Waals surface area contributed by atoms with Crippen molar-refractivity contribution in [1.82, 2.24) is 10.2 Å². The fourth-order valence-corrected chi connectivity index (χ4v) is 2.81. The number of hydrogen-bond acceptors (Lipinski definition) is 7. The van der Waals surface area contributed by atoms with Crippen molar-refractivity contribution in [1.29, 1.82) is 5.41 Å². The first kappa shape index (κ1) is 13.8.